The van der Waals surface area contributed by atoms with Crippen LogP contribution in [0.3, 0.4) is 0 Å². The number of nitrogens with one attached hydrogen (secondary N) is 1. The number of hydrogen-bond donors (Lipinski definition) is 2. The minimum atomic E-state index is -0.426. The summed E-state index contributed by atoms with van der Waals surface area (Å²) in [4.78, 5) is 44.6. The Morgan fingerprint density at radius 2 is 1.94 bits per heavy atom. The Hall–Kier alpha value is -2.52. The SMILES string of the molecule is CCC(C)C(C(CC=O)OC)N(C)C(=O)CNC(=O)C(C(C)C)N(C)Cc1ccnc(N)c1. The van der Waals surface area contributed by atoms with Crippen LogP contribution in [0.15, 0.2) is 18.3 Å². The highest BCUT2D eigenvalue weighted by Crippen LogP contribution is 2.21. The van der Waals surface area contributed by atoms with Gasteiger partial charge in [0.05, 0.1) is 24.7 Å². The minimum Gasteiger partial charge on any atom is -0.384 e. The van der Waals surface area contributed by atoms with Crippen LogP contribution in [0, 0.1) is 11.8 Å². The molecule has 9 heteroatoms. The number of pyridine rings is 1. The Balaban J connectivity index is 2.86. The van der Waals surface area contributed by atoms with Gasteiger partial charge in [0.2, 0.25) is 11.8 Å². The molecule has 0 aromatic carbocycles. The first-order chi connectivity index (χ1) is 15.6. The number of ether oxygens (including phenoxy) is 1. The molecule has 1 aromatic heterocycles. The quantitative estimate of drug-likeness (QED) is 0.403. The van der Waals surface area contributed by atoms with E-state index in [-0.39, 0.29) is 42.7 Å². The van der Waals surface area contributed by atoms with Crippen LogP contribution in [0.5, 0.6) is 0 Å². The number of anilines is 1. The van der Waals surface area contributed by atoms with Gasteiger partial charge in [0, 0.05) is 33.3 Å². The molecule has 0 bridgehead atoms. The van der Waals surface area contributed by atoms with E-state index in [2.05, 4.69) is 10.3 Å². The van der Waals surface area contributed by atoms with E-state index in [1.807, 2.05) is 45.7 Å². The summed E-state index contributed by atoms with van der Waals surface area (Å²) >= 11 is 0. The summed E-state index contributed by atoms with van der Waals surface area (Å²) in [5.41, 5.74) is 6.72. The third-order valence-corrected chi connectivity index (χ3v) is 6.15. The Labute approximate surface area is 198 Å². The second kappa shape index (κ2) is 13.9. The summed E-state index contributed by atoms with van der Waals surface area (Å²) in [5, 5.41) is 2.80. The molecular formula is C24H41N5O4. The van der Waals surface area contributed by atoms with Crippen LogP contribution in [0.25, 0.3) is 0 Å². The monoisotopic (exact) mass is 463 g/mol. The fraction of sp³-hybridized carbons (Fsp3) is 0.667. The van der Waals surface area contributed by atoms with Gasteiger partial charge < -0.3 is 25.5 Å². The number of aromatic nitrogens is 1. The van der Waals surface area contributed by atoms with Crippen molar-refractivity contribution >= 4 is 23.9 Å². The van der Waals surface area contributed by atoms with Crippen LogP contribution in [0.1, 0.15) is 46.1 Å². The van der Waals surface area contributed by atoms with Crippen molar-refractivity contribution in [2.24, 2.45) is 11.8 Å². The molecule has 0 fully saturated rings. The molecule has 3 N–H and O–H groups in total. The van der Waals surface area contributed by atoms with Gasteiger partial charge in [-0.15, -0.1) is 0 Å². The van der Waals surface area contributed by atoms with Gasteiger partial charge in [-0.2, -0.15) is 0 Å². The van der Waals surface area contributed by atoms with E-state index in [9.17, 15) is 14.4 Å². The van der Waals surface area contributed by atoms with Crippen molar-refractivity contribution in [3.63, 3.8) is 0 Å². The number of rotatable bonds is 14. The van der Waals surface area contributed by atoms with Crippen LogP contribution in [0.2, 0.25) is 0 Å². The maximum absolute atomic E-state index is 13.0. The fourth-order valence-electron chi connectivity index (χ4n) is 4.26. The predicted octanol–water partition coefficient (Wildman–Crippen LogP) is 1.71. The predicted molar refractivity (Wildman–Crippen MR) is 129 cm³/mol. The van der Waals surface area contributed by atoms with E-state index in [1.54, 1.807) is 31.3 Å². The van der Waals surface area contributed by atoms with E-state index < -0.39 is 12.1 Å². The van der Waals surface area contributed by atoms with Crippen LogP contribution < -0.4 is 11.1 Å². The molecule has 0 aliphatic rings. The van der Waals surface area contributed by atoms with Gasteiger partial charge in [-0.05, 0) is 36.6 Å². The van der Waals surface area contributed by atoms with Gasteiger partial charge in [-0.25, -0.2) is 4.98 Å². The number of methoxy groups -OCH3 is 1. The number of carbonyl (C=O) groups is 3. The zero-order chi connectivity index (χ0) is 25.1. The number of nitrogens with two attached hydrogens (primary N) is 1. The molecule has 2 amide bonds. The highest BCUT2D eigenvalue weighted by molar-refractivity contribution is 5.87. The number of hydrogen-bond acceptors (Lipinski definition) is 7. The molecule has 0 aliphatic carbocycles. The van der Waals surface area contributed by atoms with Gasteiger partial charge >= 0.3 is 0 Å². The van der Waals surface area contributed by atoms with Gasteiger partial charge in [-0.3, -0.25) is 14.5 Å². The van der Waals surface area contributed by atoms with Gasteiger partial charge in [0.1, 0.15) is 12.1 Å². The van der Waals surface area contributed by atoms with Crippen molar-refractivity contribution in [2.75, 3.05) is 33.5 Å². The first-order valence-electron chi connectivity index (χ1n) is 11.5. The number of nitrogens with zero attached hydrogens (tertiary/aromatic N) is 3. The molecule has 0 aliphatic heterocycles. The van der Waals surface area contributed by atoms with Crippen molar-refractivity contribution in [3.8, 4) is 0 Å². The summed E-state index contributed by atoms with van der Waals surface area (Å²) in [6.45, 7) is 8.39. The van der Waals surface area contributed by atoms with Crippen LogP contribution >= 0.6 is 0 Å². The lowest BCUT2D eigenvalue weighted by molar-refractivity contribution is -0.139. The molecule has 1 rings (SSSR count). The summed E-state index contributed by atoms with van der Waals surface area (Å²) in [7, 11) is 5.11. The number of amides is 2. The van der Waals surface area contributed by atoms with Crippen molar-refractivity contribution in [1.82, 2.24) is 20.1 Å². The zero-order valence-electron chi connectivity index (χ0n) is 21.1. The molecule has 4 unspecified atom stereocenters. The minimum absolute atomic E-state index is 0.0281. The maximum atomic E-state index is 13.0. The van der Waals surface area contributed by atoms with Crippen molar-refractivity contribution in [3.05, 3.63) is 23.9 Å². The standard InChI is InChI=1S/C24H41N5O4/c1-8-17(4)23(19(33-7)10-12-30)29(6)21(31)14-27-24(32)22(16(2)3)28(5)15-18-9-11-26-20(25)13-18/h9,11-13,16-17,19,22-23H,8,10,14-15H2,1-7H3,(H2,25,26)(H,27,32). The average molecular weight is 464 g/mol. The van der Waals surface area contributed by atoms with Crippen molar-refractivity contribution < 1.29 is 19.1 Å². The van der Waals surface area contributed by atoms with Crippen LogP contribution in [-0.4, -0.2) is 78.8 Å². The molecule has 4 atom stereocenters. The molecule has 0 saturated carbocycles. The normalized spacial score (nSPS) is 15.1. The van der Waals surface area contributed by atoms with Gasteiger partial charge in [0.25, 0.3) is 0 Å². The summed E-state index contributed by atoms with van der Waals surface area (Å²) < 4.78 is 5.51. The lowest BCUT2D eigenvalue weighted by Crippen LogP contribution is -2.54. The molecule has 0 radical (unpaired) electrons. The number of nitrogen functional groups attached to an aromatic ring is 1. The lowest BCUT2D eigenvalue weighted by atomic mass is 9.91. The second-order valence-electron chi connectivity index (χ2n) is 8.97. The summed E-state index contributed by atoms with van der Waals surface area (Å²) in [6.07, 6.45) is 3.08. The largest absolute Gasteiger partial charge is 0.384 e. The second-order valence-corrected chi connectivity index (χ2v) is 8.97. The number of likely N-dealkylation sites (N-methyl/N-ethyl adjacent to an activating group) is 2. The third kappa shape index (κ3) is 8.40. The van der Waals surface area contributed by atoms with Gasteiger partial charge in [0.15, 0.2) is 0 Å². The van der Waals surface area contributed by atoms with E-state index >= 15 is 0 Å². The van der Waals surface area contributed by atoms with E-state index in [4.69, 9.17) is 10.5 Å². The maximum Gasteiger partial charge on any atom is 0.242 e. The first-order valence-corrected chi connectivity index (χ1v) is 11.5. The van der Waals surface area contributed by atoms with E-state index in [0.29, 0.717) is 12.4 Å². The Morgan fingerprint density at radius 3 is 2.45 bits per heavy atom. The average Bonchev–Trinajstić information content (AvgIpc) is 2.76. The topological polar surface area (TPSA) is 118 Å². The molecule has 9 nitrogen and oxygen atoms in total. The smallest absolute Gasteiger partial charge is 0.242 e. The van der Waals surface area contributed by atoms with E-state index in [1.165, 1.54) is 0 Å². The summed E-state index contributed by atoms with van der Waals surface area (Å²) in [6, 6.07) is 2.95. The van der Waals surface area contributed by atoms with Crippen LogP contribution in [-0.2, 0) is 25.7 Å². The fourth-order valence-corrected chi connectivity index (χ4v) is 4.26. The highest BCUT2D eigenvalue weighted by atomic mass is 16.5. The molecule has 33 heavy (non-hydrogen) atoms. The molecular weight excluding hydrogens is 422 g/mol. The third-order valence-electron chi connectivity index (χ3n) is 6.15. The first kappa shape index (κ1) is 28.5. The Bertz CT molecular complexity index is 773. The van der Waals surface area contributed by atoms with Crippen LogP contribution in [0.4, 0.5) is 5.82 Å². The van der Waals surface area contributed by atoms with Crippen molar-refractivity contribution in [1.29, 1.82) is 0 Å². The zero-order valence-corrected chi connectivity index (χ0v) is 21.1. The molecule has 186 valence electrons. The van der Waals surface area contributed by atoms with Crippen molar-refractivity contribution in [2.45, 2.75) is 65.3 Å². The number of carbonyl (C=O) groups excluding carboxylic acids is 3. The highest BCUT2D eigenvalue weighted by Gasteiger charge is 2.33. The Morgan fingerprint density at radius 1 is 1.27 bits per heavy atom. The molecule has 0 saturated heterocycles. The molecule has 1 heterocycles. The van der Waals surface area contributed by atoms with Gasteiger partial charge in [-0.1, -0.05) is 34.1 Å². The van der Waals surface area contributed by atoms with E-state index in [0.717, 1.165) is 18.3 Å². The molecule has 1 aromatic rings. The summed E-state index contributed by atoms with van der Waals surface area (Å²) in [5.74, 6) is 0.142. The molecule has 0 spiro atoms. The lowest BCUT2D eigenvalue weighted by Gasteiger charge is -2.37. The number of aldehydes is 1. The Kier molecular flexibility index (Phi) is 12.0.